The predicted molar refractivity (Wildman–Crippen MR) is 116 cm³/mol. The van der Waals surface area contributed by atoms with Crippen molar-refractivity contribution in [2.24, 2.45) is 0 Å². The summed E-state index contributed by atoms with van der Waals surface area (Å²) in [6.45, 7) is 6.96. The van der Waals surface area contributed by atoms with Crippen molar-refractivity contribution in [2.75, 3.05) is 6.26 Å². The van der Waals surface area contributed by atoms with Gasteiger partial charge in [0, 0.05) is 0 Å². The van der Waals surface area contributed by atoms with Crippen LogP contribution in [-0.2, 0) is 0 Å². The Labute approximate surface area is 177 Å². The second kappa shape index (κ2) is 11.0. The molecule has 2 aromatic rings. The molecule has 0 aromatic carbocycles. The van der Waals surface area contributed by atoms with Crippen LogP contribution in [0.1, 0.15) is 84.4 Å². The van der Waals surface area contributed by atoms with Crippen LogP contribution in [0.3, 0.4) is 0 Å². The first-order chi connectivity index (χ1) is 12.6. The van der Waals surface area contributed by atoms with Crippen LogP contribution in [0.4, 0.5) is 0 Å². The molecule has 6 heteroatoms. The fourth-order valence-electron chi connectivity index (χ4n) is 3.50. The van der Waals surface area contributed by atoms with Crippen molar-refractivity contribution in [3.05, 3.63) is 12.0 Å². The minimum atomic E-state index is -0.737. The Morgan fingerprint density at radius 2 is 1.73 bits per heavy atom. The Morgan fingerprint density at radius 1 is 1.15 bits per heavy atom. The third kappa shape index (κ3) is 5.42. The Bertz CT molecular complexity index is 708. The van der Waals surface area contributed by atoms with E-state index >= 15 is 0 Å². The zero-order valence-corrected chi connectivity index (χ0v) is 21.1. The first kappa shape index (κ1) is 22.1. The number of hydrogen-bond donors (Lipinski definition) is 0. The fourth-order valence-corrected chi connectivity index (χ4v) is 12.5. The molecule has 0 atom stereocenters. The van der Waals surface area contributed by atoms with Crippen LogP contribution < -0.4 is 2.89 Å². The number of fused-ring (bicyclic) bond motifs is 1. The van der Waals surface area contributed by atoms with Gasteiger partial charge in [-0.2, -0.15) is 0 Å². The van der Waals surface area contributed by atoms with Crippen molar-refractivity contribution < 1.29 is 0 Å². The predicted octanol–water partition coefficient (Wildman–Crippen LogP) is 6.05. The van der Waals surface area contributed by atoms with Gasteiger partial charge in [-0.1, -0.05) is 0 Å². The number of rotatable bonds is 12. The quantitative estimate of drug-likeness (QED) is 0.266. The first-order valence-corrected chi connectivity index (χ1v) is 14.8. The second-order valence-electron chi connectivity index (χ2n) is 7.04. The minimum absolute atomic E-state index is 0.549. The zero-order chi connectivity index (χ0) is 19.0. The molecule has 2 rings (SSSR count). The van der Waals surface area contributed by atoms with Gasteiger partial charge in [-0.05, 0) is 0 Å². The molecule has 0 N–H and O–H groups in total. The third-order valence-electron chi connectivity index (χ3n) is 5.00. The summed E-state index contributed by atoms with van der Waals surface area (Å²) in [6, 6.07) is 2.27. The van der Waals surface area contributed by atoms with Gasteiger partial charge in [0.05, 0.1) is 0 Å². The van der Waals surface area contributed by atoms with Crippen molar-refractivity contribution in [3.63, 3.8) is 0 Å². The van der Waals surface area contributed by atoms with E-state index in [0.29, 0.717) is 9.26 Å². The Balaban J connectivity index is 2.34. The average molecular weight is 496 g/mol. The first-order valence-electron chi connectivity index (χ1n) is 9.87. The van der Waals surface area contributed by atoms with Gasteiger partial charge in [0.25, 0.3) is 0 Å². The zero-order valence-electron chi connectivity index (χ0n) is 16.6. The van der Waals surface area contributed by atoms with E-state index < -0.39 is 21.1 Å². The topological polar surface area (TPSA) is 41.1 Å². The number of aromatic nitrogens is 2. The molecule has 142 valence electrons. The van der Waals surface area contributed by atoms with Crippen molar-refractivity contribution in [2.45, 2.75) is 87.0 Å². The van der Waals surface area contributed by atoms with Gasteiger partial charge >= 0.3 is 178 Å². The van der Waals surface area contributed by atoms with E-state index in [1.165, 1.54) is 62.6 Å². The molecule has 0 aliphatic rings. The van der Waals surface area contributed by atoms with Crippen molar-refractivity contribution >= 4 is 52.0 Å². The monoisotopic (exact) mass is 497 g/mol. The Morgan fingerprint density at radius 3 is 2.19 bits per heavy atom. The molecule has 0 saturated carbocycles. The van der Waals surface area contributed by atoms with Gasteiger partial charge in [0.15, 0.2) is 0 Å². The normalized spacial score (nSPS) is 12.0. The van der Waals surface area contributed by atoms with Crippen LogP contribution in [0.25, 0.3) is 4.83 Å². The van der Waals surface area contributed by atoms with Crippen LogP contribution in [-0.4, -0.2) is 36.8 Å². The number of thioether (sulfide) groups is 1. The summed E-state index contributed by atoms with van der Waals surface area (Å²) >= 11 is 2.83. The van der Waals surface area contributed by atoms with E-state index in [1.807, 2.05) is 11.3 Å². The molecular weight excluding hydrogens is 465 g/mol. The number of nitrogens with zero attached hydrogens (tertiary/aromatic N) is 3. The summed E-state index contributed by atoms with van der Waals surface area (Å²) in [6.07, 6.45) is 16.5. The molecular formula is C20H31N3S2Sn. The van der Waals surface area contributed by atoms with Crippen LogP contribution in [0, 0.1) is 11.3 Å². The van der Waals surface area contributed by atoms with Crippen LogP contribution >= 0.6 is 23.1 Å². The number of thiazole rings is 1. The molecule has 2 aromatic heterocycles. The fraction of sp³-hybridized carbons (Fsp3) is 0.700. The maximum atomic E-state index is 9.41. The van der Waals surface area contributed by atoms with Crippen LogP contribution in [0.2, 0.25) is 3.43 Å². The molecule has 0 bridgehead atoms. The van der Waals surface area contributed by atoms with E-state index in [9.17, 15) is 5.26 Å². The third-order valence-corrected chi connectivity index (χ3v) is 13.0. The van der Waals surface area contributed by atoms with Gasteiger partial charge in [0.2, 0.25) is 0 Å². The standard InChI is InChI=1S/C13H27.C7H4N3S2.Sn/c1-4-7-10-13(11-8-5-2)12-9-6-3;1-11-6-7-10(2-3-12-7)5(4-8)9-6;/h4-12H2,1-3H3;2H,1H3;. The van der Waals surface area contributed by atoms with E-state index in [2.05, 4.69) is 48.7 Å². The van der Waals surface area contributed by atoms with Crippen molar-refractivity contribution in [3.8, 4) is 6.07 Å². The second-order valence-corrected chi connectivity index (χ2v) is 15.2. The number of imidazole rings is 1. The van der Waals surface area contributed by atoms with E-state index in [-0.39, 0.29) is 0 Å². The van der Waals surface area contributed by atoms with Crippen LogP contribution in [0.5, 0.6) is 0 Å². The number of nitriles is 1. The summed E-state index contributed by atoms with van der Waals surface area (Å²) in [4.78, 5) is 5.65. The molecule has 0 amide bonds. The summed E-state index contributed by atoms with van der Waals surface area (Å²) in [7, 11) is 0. The Hall–Kier alpha value is -0.191. The molecule has 2 radical (unpaired) electrons. The molecule has 2 heterocycles. The molecule has 0 spiro atoms. The van der Waals surface area contributed by atoms with Crippen molar-refractivity contribution in [1.82, 2.24) is 9.38 Å². The number of unbranched alkanes of at least 4 members (excludes halogenated alkanes) is 3. The number of hydrogen-bond acceptors (Lipinski definition) is 4. The van der Waals surface area contributed by atoms with E-state index in [1.54, 1.807) is 14.7 Å². The Kier molecular flexibility index (Phi) is 9.32. The average Bonchev–Trinajstić information content (AvgIpc) is 3.20. The van der Waals surface area contributed by atoms with Gasteiger partial charge < -0.3 is 0 Å². The van der Waals surface area contributed by atoms with Gasteiger partial charge in [-0.15, -0.1) is 0 Å². The summed E-state index contributed by atoms with van der Waals surface area (Å²) in [5, 5.41) is 10.4. The van der Waals surface area contributed by atoms with Gasteiger partial charge in [-0.25, -0.2) is 0 Å². The summed E-state index contributed by atoms with van der Waals surface area (Å²) in [5.74, 6) is 0.549. The van der Waals surface area contributed by atoms with E-state index in [0.717, 1.165) is 5.03 Å². The molecule has 0 aliphatic carbocycles. The van der Waals surface area contributed by atoms with Gasteiger partial charge in [0.1, 0.15) is 0 Å². The molecule has 3 nitrogen and oxygen atoms in total. The van der Waals surface area contributed by atoms with Crippen molar-refractivity contribution in [1.29, 1.82) is 5.26 Å². The molecule has 26 heavy (non-hydrogen) atoms. The van der Waals surface area contributed by atoms with Gasteiger partial charge in [-0.3, -0.25) is 0 Å². The van der Waals surface area contributed by atoms with Crippen LogP contribution in [0.15, 0.2) is 11.2 Å². The molecule has 0 fully saturated rings. The molecule has 0 unspecified atom stereocenters. The summed E-state index contributed by atoms with van der Waals surface area (Å²) in [5.41, 5.74) is 0. The van der Waals surface area contributed by atoms with E-state index in [4.69, 9.17) is 0 Å². The molecule has 0 saturated heterocycles. The SMILES string of the molecule is CCCC[C](CCCC)(CCCC)[Sn][c]1cn2c(C#N)nc(SC)c2s1. The summed E-state index contributed by atoms with van der Waals surface area (Å²) < 4.78 is 4.23. The molecule has 0 aliphatic heterocycles. The maximum absolute atomic E-state index is 9.41.